The molecule has 168 valence electrons. The molecule has 1 aliphatic heterocycles. The van der Waals surface area contributed by atoms with Gasteiger partial charge in [0.05, 0.1) is 12.8 Å². The van der Waals surface area contributed by atoms with Crippen molar-refractivity contribution in [1.82, 2.24) is 9.88 Å². The molecule has 0 saturated carbocycles. The van der Waals surface area contributed by atoms with Gasteiger partial charge in [-0.2, -0.15) is 0 Å². The Kier molecular flexibility index (Phi) is 7.56. The number of benzene rings is 1. The lowest BCUT2D eigenvalue weighted by atomic mass is 9.75. The number of aromatic nitrogens is 1. The van der Waals surface area contributed by atoms with Gasteiger partial charge in [-0.3, -0.25) is 18.7 Å². The van der Waals surface area contributed by atoms with E-state index in [0.29, 0.717) is 12.0 Å². The van der Waals surface area contributed by atoms with E-state index in [1.807, 2.05) is 12.3 Å². The van der Waals surface area contributed by atoms with Crippen LogP contribution in [0.2, 0.25) is 5.15 Å². The van der Waals surface area contributed by atoms with Crippen molar-refractivity contribution in [1.29, 1.82) is 0 Å². The Hall–Kier alpha value is -2.16. The Morgan fingerprint density at radius 3 is 2.58 bits per heavy atom. The fraction of sp³-hybridized carbons (Fsp3) is 0.455. The minimum Gasteiger partial charge on any atom is -0.481 e. The number of hydrogen-bond acceptors (Lipinski definition) is 4. The van der Waals surface area contributed by atoms with E-state index >= 15 is 0 Å². The first-order valence-electron chi connectivity index (χ1n) is 10.1. The van der Waals surface area contributed by atoms with Crippen LogP contribution < -0.4 is 0 Å². The number of halogens is 1. The van der Waals surface area contributed by atoms with Gasteiger partial charge in [0.1, 0.15) is 5.15 Å². The molecule has 2 aromatic rings. The number of nitrogens with one attached hydrogen (secondary N) is 1. The predicted octanol–water partition coefficient (Wildman–Crippen LogP) is 3.40. The first kappa shape index (κ1) is 23.5. The standard InChI is InChI=1S/C18H21ClN2OS.C4H6O4/c1-3-7-21-10-11(23(2)22)8-13-12-5-4-6-15-17(12)14(9-16(13)21)18(19)20-15;5-3(6)1-2-4(7)8/h3-6,11,13,16,20H,1,7-10H2,2H3;1-2H2,(H,5,6)(H,7,8)/t11-,13?,16-,23?;/m1./s1. The van der Waals surface area contributed by atoms with Gasteiger partial charge in [-0.15, -0.1) is 6.58 Å². The number of aromatic amines is 1. The van der Waals surface area contributed by atoms with Crippen molar-refractivity contribution in [3.05, 3.63) is 47.1 Å². The van der Waals surface area contributed by atoms with E-state index in [4.69, 9.17) is 21.8 Å². The quantitative estimate of drug-likeness (QED) is 0.562. The fourth-order valence-electron chi connectivity index (χ4n) is 4.63. The van der Waals surface area contributed by atoms with Gasteiger partial charge in [-0.1, -0.05) is 29.8 Å². The lowest BCUT2D eigenvalue weighted by molar-refractivity contribution is -0.143. The molecule has 2 heterocycles. The van der Waals surface area contributed by atoms with Crippen LogP contribution in [0.1, 0.15) is 36.3 Å². The van der Waals surface area contributed by atoms with Crippen LogP contribution in [0.3, 0.4) is 0 Å². The van der Waals surface area contributed by atoms with Gasteiger partial charge in [0.25, 0.3) is 0 Å². The van der Waals surface area contributed by atoms with Crippen LogP contribution in [0.25, 0.3) is 10.9 Å². The molecule has 1 aromatic carbocycles. The molecule has 0 amide bonds. The topological polar surface area (TPSA) is 111 Å². The van der Waals surface area contributed by atoms with E-state index in [1.54, 1.807) is 0 Å². The number of H-pyrrole nitrogens is 1. The summed E-state index contributed by atoms with van der Waals surface area (Å²) in [5.74, 6) is -1.74. The van der Waals surface area contributed by atoms with Gasteiger partial charge >= 0.3 is 11.9 Å². The highest BCUT2D eigenvalue weighted by Crippen LogP contribution is 2.45. The number of hydrogen-bond donors (Lipinski definition) is 3. The van der Waals surface area contributed by atoms with Crippen LogP contribution in [0.15, 0.2) is 30.9 Å². The maximum absolute atomic E-state index is 12.1. The van der Waals surface area contributed by atoms with Gasteiger partial charge in [-0.05, 0) is 30.0 Å². The van der Waals surface area contributed by atoms with Crippen LogP contribution in [0, 0.1) is 0 Å². The number of carboxylic acids is 2. The normalized spacial score (nSPS) is 23.4. The molecule has 31 heavy (non-hydrogen) atoms. The Morgan fingerprint density at radius 2 is 2.00 bits per heavy atom. The average molecular weight is 467 g/mol. The summed E-state index contributed by atoms with van der Waals surface area (Å²) in [4.78, 5) is 25.0. The molecular weight excluding hydrogens is 440 g/mol. The summed E-state index contributed by atoms with van der Waals surface area (Å²) in [6, 6.07) is 6.83. The highest BCUT2D eigenvalue weighted by Gasteiger charge is 2.42. The Bertz CT molecular complexity index is 1010. The van der Waals surface area contributed by atoms with E-state index < -0.39 is 22.7 Å². The van der Waals surface area contributed by atoms with Gasteiger partial charge in [0, 0.05) is 58.3 Å². The molecule has 0 spiro atoms. The largest absolute Gasteiger partial charge is 0.481 e. The highest BCUT2D eigenvalue weighted by atomic mass is 35.5. The first-order valence-corrected chi connectivity index (χ1v) is 12.1. The second-order valence-corrected chi connectivity index (χ2v) is 9.99. The SMILES string of the molecule is C=CCN1C[C@H](S(C)=O)CC2c3cccc4[nH]c(Cl)c(c34)C[C@H]21.O=C(O)CCC(=O)O. The molecule has 4 atom stereocenters. The zero-order valence-electron chi connectivity index (χ0n) is 17.3. The number of carboxylic acid groups (broad SMARTS) is 2. The Balaban J connectivity index is 0.000000293. The van der Waals surface area contributed by atoms with E-state index in [0.717, 1.165) is 36.6 Å². The summed E-state index contributed by atoms with van der Waals surface area (Å²) < 4.78 is 12.1. The molecule has 7 nitrogen and oxygen atoms in total. The molecule has 0 bridgehead atoms. The summed E-state index contributed by atoms with van der Waals surface area (Å²) in [7, 11) is -0.803. The molecular formula is C22H27ClN2O5S. The van der Waals surface area contributed by atoms with Crippen LogP contribution in [-0.4, -0.2) is 66.9 Å². The van der Waals surface area contributed by atoms with Crippen molar-refractivity contribution < 1.29 is 24.0 Å². The summed E-state index contributed by atoms with van der Waals surface area (Å²) in [5.41, 5.74) is 3.72. The molecule has 9 heteroatoms. The first-order chi connectivity index (χ1) is 14.7. The lowest BCUT2D eigenvalue weighted by Crippen LogP contribution is -2.52. The van der Waals surface area contributed by atoms with E-state index in [1.165, 1.54) is 16.5 Å². The van der Waals surface area contributed by atoms with Crippen LogP contribution in [-0.2, 0) is 26.8 Å². The molecule has 1 saturated heterocycles. The van der Waals surface area contributed by atoms with E-state index in [2.05, 4.69) is 34.7 Å². The van der Waals surface area contributed by atoms with Crippen molar-refractivity contribution >= 4 is 45.2 Å². The highest BCUT2D eigenvalue weighted by molar-refractivity contribution is 7.84. The van der Waals surface area contributed by atoms with E-state index in [9.17, 15) is 13.8 Å². The number of nitrogens with zero attached hydrogens (tertiary/aromatic N) is 1. The third-order valence-corrected chi connectivity index (χ3v) is 7.60. The molecule has 3 N–H and O–H groups in total. The molecule has 0 radical (unpaired) electrons. The van der Waals surface area contributed by atoms with Crippen LogP contribution in [0.4, 0.5) is 0 Å². The molecule has 2 aliphatic rings. The maximum atomic E-state index is 12.1. The number of fused-ring (bicyclic) bond motifs is 2. The summed E-state index contributed by atoms with van der Waals surface area (Å²) >= 11 is 6.47. The number of carbonyl (C=O) groups is 2. The van der Waals surface area contributed by atoms with E-state index in [-0.39, 0.29) is 18.1 Å². The zero-order chi connectivity index (χ0) is 22.7. The van der Waals surface area contributed by atoms with Gasteiger partial charge < -0.3 is 15.2 Å². The average Bonchev–Trinajstić information content (AvgIpc) is 3.04. The Labute approximate surface area is 188 Å². The maximum Gasteiger partial charge on any atom is 0.303 e. The van der Waals surface area contributed by atoms with Crippen molar-refractivity contribution in [3.63, 3.8) is 0 Å². The third-order valence-electron chi connectivity index (χ3n) is 5.99. The number of rotatable bonds is 6. The van der Waals surface area contributed by atoms with Gasteiger partial charge in [-0.25, -0.2) is 0 Å². The smallest absolute Gasteiger partial charge is 0.303 e. The summed E-state index contributed by atoms with van der Waals surface area (Å²) in [6.07, 6.45) is 5.14. The predicted molar refractivity (Wildman–Crippen MR) is 122 cm³/mol. The van der Waals surface area contributed by atoms with Crippen molar-refractivity contribution in [2.24, 2.45) is 0 Å². The minimum atomic E-state index is -1.08. The molecule has 2 unspecified atom stereocenters. The van der Waals surface area contributed by atoms with Crippen molar-refractivity contribution in [2.75, 3.05) is 19.3 Å². The monoisotopic (exact) mass is 466 g/mol. The molecule has 1 aromatic heterocycles. The van der Waals surface area contributed by atoms with Crippen molar-refractivity contribution in [2.45, 2.75) is 42.9 Å². The number of aliphatic carboxylic acids is 2. The second kappa shape index (κ2) is 9.97. The van der Waals surface area contributed by atoms with Crippen molar-refractivity contribution in [3.8, 4) is 0 Å². The zero-order valence-corrected chi connectivity index (χ0v) is 18.9. The summed E-state index contributed by atoms with van der Waals surface area (Å²) in [5, 5.41) is 18.1. The molecule has 4 rings (SSSR count). The molecule has 1 aliphatic carbocycles. The number of piperidine rings is 1. The Morgan fingerprint density at radius 1 is 1.32 bits per heavy atom. The minimum absolute atomic E-state index is 0.224. The van der Waals surface area contributed by atoms with Crippen LogP contribution >= 0.6 is 11.6 Å². The number of likely N-dealkylation sites (tertiary alicyclic amines) is 1. The second-order valence-electron chi connectivity index (χ2n) is 7.95. The van der Waals surface area contributed by atoms with Gasteiger partial charge in [0.15, 0.2) is 0 Å². The molecule has 1 fully saturated rings. The third kappa shape index (κ3) is 5.19. The lowest BCUT2D eigenvalue weighted by Gasteiger charge is -2.46. The van der Waals surface area contributed by atoms with Crippen LogP contribution in [0.5, 0.6) is 0 Å². The van der Waals surface area contributed by atoms with Gasteiger partial charge in [0.2, 0.25) is 0 Å². The summed E-state index contributed by atoms with van der Waals surface area (Å²) in [6.45, 7) is 5.62. The fourth-order valence-corrected chi connectivity index (χ4v) is 5.78.